The summed E-state index contributed by atoms with van der Waals surface area (Å²) in [5.41, 5.74) is 2.84. The van der Waals surface area contributed by atoms with Gasteiger partial charge in [0.15, 0.2) is 5.60 Å². The maximum absolute atomic E-state index is 13.1. The normalized spacial score (nSPS) is 20.2. The van der Waals surface area contributed by atoms with Gasteiger partial charge in [-0.15, -0.1) is 0 Å². The summed E-state index contributed by atoms with van der Waals surface area (Å²) in [5, 5.41) is 5.34. The van der Waals surface area contributed by atoms with E-state index >= 15 is 0 Å². The van der Waals surface area contributed by atoms with Crippen LogP contribution in [0.3, 0.4) is 0 Å². The van der Waals surface area contributed by atoms with Gasteiger partial charge in [-0.3, -0.25) is 19.3 Å². The molecule has 0 spiro atoms. The molecule has 0 N–H and O–H groups in total. The van der Waals surface area contributed by atoms with Gasteiger partial charge in [0.25, 0.3) is 5.91 Å². The molecule has 2 heterocycles. The van der Waals surface area contributed by atoms with E-state index in [0.717, 1.165) is 35.2 Å². The average molecular weight is 516 g/mol. The lowest BCUT2D eigenvalue weighted by atomic mass is 9.88. The molecule has 1 fully saturated rings. The lowest BCUT2D eigenvalue weighted by Gasteiger charge is -2.33. The van der Waals surface area contributed by atoms with Crippen LogP contribution in [0.5, 0.6) is 0 Å². The Morgan fingerprint density at radius 2 is 1.74 bits per heavy atom. The maximum Gasteiger partial charge on any atom is 0.255 e. The van der Waals surface area contributed by atoms with Gasteiger partial charge in [-0.1, -0.05) is 47.8 Å². The van der Waals surface area contributed by atoms with Crippen molar-refractivity contribution in [2.45, 2.75) is 45.6 Å². The van der Waals surface area contributed by atoms with Crippen LogP contribution in [0.15, 0.2) is 41.6 Å². The van der Waals surface area contributed by atoms with E-state index in [0.29, 0.717) is 28.6 Å². The fraction of sp³-hybridized carbons (Fsp3) is 0.385. The molecule has 2 aromatic rings. The van der Waals surface area contributed by atoms with Gasteiger partial charge in [0.2, 0.25) is 11.8 Å². The van der Waals surface area contributed by atoms with E-state index in [1.54, 1.807) is 18.2 Å². The van der Waals surface area contributed by atoms with Crippen molar-refractivity contribution >= 4 is 46.6 Å². The molecule has 35 heavy (non-hydrogen) atoms. The zero-order valence-corrected chi connectivity index (χ0v) is 21.4. The average Bonchev–Trinajstić information content (AvgIpc) is 3.21. The Labute approximate surface area is 214 Å². The van der Waals surface area contributed by atoms with E-state index in [2.05, 4.69) is 5.16 Å². The van der Waals surface area contributed by atoms with Gasteiger partial charge in [-0.05, 0) is 61.7 Å². The number of hydrogen-bond acceptors (Lipinski definition) is 5. The number of nitrogens with zero attached hydrogens (tertiary/aromatic N) is 3. The van der Waals surface area contributed by atoms with Gasteiger partial charge in [0, 0.05) is 34.1 Å². The molecule has 1 unspecified atom stereocenters. The highest BCUT2D eigenvalue weighted by Crippen LogP contribution is 2.38. The Balaban J connectivity index is 1.48. The number of benzene rings is 2. The van der Waals surface area contributed by atoms with Crippen molar-refractivity contribution in [1.82, 2.24) is 9.80 Å². The third-order valence-corrected chi connectivity index (χ3v) is 6.84. The lowest BCUT2D eigenvalue weighted by molar-refractivity contribution is -0.150. The predicted octanol–water partition coefficient (Wildman–Crippen LogP) is 4.95. The number of imide groups is 1. The van der Waals surface area contributed by atoms with Crippen LogP contribution in [0, 0.1) is 6.92 Å². The SMILES string of the molecule is CCCCN1C(=O)CN(C(=O)c2ccc(C3=NOC(C)(c4cc(Cl)cc(Cl)c4)C3)cc2C)CC1=O. The molecule has 4 rings (SSSR count). The molecule has 184 valence electrons. The van der Waals surface area contributed by atoms with Crippen molar-refractivity contribution in [2.75, 3.05) is 19.6 Å². The number of amides is 3. The van der Waals surface area contributed by atoms with Gasteiger partial charge in [0.05, 0.1) is 5.71 Å². The number of unbranched alkanes of at least 4 members (excludes halogenated alkanes) is 1. The molecule has 1 saturated heterocycles. The number of oxime groups is 1. The van der Waals surface area contributed by atoms with Crippen molar-refractivity contribution in [2.24, 2.45) is 5.16 Å². The number of halogens is 2. The van der Waals surface area contributed by atoms with Crippen molar-refractivity contribution in [3.8, 4) is 0 Å². The molecule has 0 bridgehead atoms. The first-order chi connectivity index (χ1) is 16.6. The predicted molar refractivity (Wildman–Crippen MR) is 135 cm³/mol. The van der Waals surface area contributed by atoms with Crippen LogP contribution in [-0.4, -0.2) is 52.9 Å². The van der Waals surface area contributed by atoms with Gasteiger partial charge >= 0.3 is 0 Å². The van der Waals surface area contributed by atoms with Gasteiger partial charge < -0.3 is 9.74 Å². The maximum atomic E-state index is 13.1. The highest BCUT2D eigenvalue weighted by Gasteiger charge is 2.38. The Morgan fingerprint density at radius 3 is 2.34 bits per heavy atom. The molecule has 7 nitrogen and oxygen atoms in total. The summed E-state index contributed by atoms with van der Waals surface area (Å²) < 4.78 is 0. The quantitative estimate of drug-likeness (QED) is 0.509. The Hall–Kier alpha value is -2.90. The minimum absolute atomic E-state index is 0.101. The van der Waals surface area contributed by atoms with Gasteiger partial charge in [-0.25, -0.2) is 0 Å². The van der Waals surface area contributed by atoms with E-state index < -0.39 is 5.60 Å². The number of rotatable bonds is 6. The Bertz CT molecular complexity index is 1190. The van der Waals surface area contributed by atoms with E-state index in [1.165, 1.54) is 9.80 Å². The zero-order valence-electron chi connectivity index (χ0n) is 19.9. The summed E-state index contributed by atoms with van der Waals surface area (Å²) in [7, 11) is 0. The van der Waals surface area contributed by atoms with Crippen molar-refractivity contribution in [3.05, 3.63) is 68.7 Å². The molecule has 1 atom stereocenters. The molecule has 0 radical (unpaired) electrons. The second kappa shape index (κ2) is 9.99. The first-order valence-corrected chi connectivity index (χ1v) is 12.3. The summed E-state index contributed by atoms with van der Waals surface area (Å²) in [5.74, 6) is -1.01. The molecule has 9 heteroatoms. The molecule has 0 aromatic heterocycles. The summed E-state index contributed by atoms with van der Waals surface area (Å²) in [4.78, 5) is 46.4. The fourth-order valence-corrected chi connectivity index (χ4v) is 4.89. The number of aryl methyl sites for hydroxylation is 1. The minimum atomic E-state index is -0.718. The molecular formula is C26H27Cl2N3O4. The summed E-state index contributed by atoms with van der Waals surface area (Å²) in [6.45, 7) is 5.94. The molecule has 0 saturated carbocycles. The molecule has 2 aromatic carbocycles. The smallest absolute Gasteiger partial charge is 0.255 e. The van der Waals surface area contributed by atoms with Crippen LogP contribution < -0.4 is 0 Å². The Morgan fingerprint density at radius 1 is 1.09 bits per heavy atom. The first-order valence-electron chi connectivity index (χ1n) is 11.6. The van der Waals surface area contributed by atoms with Crippen LogP contribution in [0.4, 0.5) is 0 Å². The summed E-state index contributed by atoms with van der Waals surface area (Å²) in [6, 6.07) is 10.7. The number of hydrogen-bond donors (Lipinski definition) is 0. The monoisotopic (exact) mass is 515 g/mol. The summed E-state index contributed by atoms with van der Waals surface area (Å²) >= 11 is 12.3. The fourth-order valence-electron chi connectivity index (χ4n) is 4.36. The van der Waals surface area contributed by atoms with Crippen molar-refractivity contribution in [3.63, 3.8) is 0 Å². The number of carbonyl (C=O) groups excluding carboxylic acids is 3. The molecule has 2 aliphatic rings. The standard InChI is InChI=1S/C26H27Cl2N3O4/c1-4-5-8-31-23(32)14-30(15-24(31)33)25(34)21-7-6-17(9-16(21)2)22-13-26(3,35-29-22)18-10-19(27)12-20(28)11-18/h6-7,9-12H,4-5,8,13-15H2,1-3H3. The second-order valence-electron chi connectivity index (χ2n) is 9.18. The van der Waals surface area contributed by atoms with Crippen LogP contribution in [0.2, 0.25) is 10.0 Å². The minimum Gasteiger partial charge on any atom is -0.384 e. The van der Waals surface area contributed by atoms with Gasteiger partial charge in [0.1, 0.15) is 13.1 Å². The van der Waals surface area contributed by atoms with E-state index in [1.807, 2.05) is 39.0 Å². The molecule has 2 aliphatic heterocycles. The van der Waals surface area contributed by atoms with Crippen LogP contribution in [-0.2, 0) is 20.0 Å². The van der Waals surface area contributed by atoms with Crippen molar-refractivity contribution < 1.29 is 19.2 Å². The second-order valence-corrected chi connectivity index (χ2v) is 10.1. The van der Waals surface area contributed by atoms with Gasteiger partial charge in [-0.2, -0.15) is 0 Å². The van der Waals surface area contributed by atoms with E-state index in [4.69, 9.17) is 28.0 Å². The number of piperazine rings is 1. The summed E-state index contributed by atoms with van der Waals surface area (Å²) in [6.07, 6.45) is 2.13. The highest BCUT2D eigenvalue weighted by molar-refractivity contribution is 6.34. The topological polar surface area (TPSA) is 79.3 Å². The van der Waals surface area contributed by atoms with Crippen LogP contribution >= 0.6 is 23.2 Å². The van der Waals surface area contributed by atoms with Crippen LogP contribution in [0.25, 0.3) is 0 Å². The van der Waals surface area contributed by atoms with E-state index in [9.17, 15) is 14.4 Å². The lowest BCUT2D eigenvalue weighted by Crippen LogP contribution is -2.55. The zero-order chi connectivity index (χ0) is 25.3. The van der Waals surface area contributed by atoms with Crippen molar-refractivity contribution in [1.29, 1.82) is 0 Å². The molecule has 0 aliphatic carbocycles. The largest absolute Gasteiger partial charge is 0.384 e. The number of carbonyl (C=O) groups is 3. The van der Waals surface area contributed by atoms with E-state index in [-0.39, 0.29) is 30.8 Å². The highest BCUT2D eigenvalue weighted by atomic mass is 35.5. The van der Waals surface area contributed by atoms with Crippen LogP contribution in [0.1, 0.15) is 60.2 Å². The third kappa shape index (κ3) is 5.21. The first kappa shape index (κ1) is 25.2. The third-order valence-electron chi connectivity index (χ3n) is 6.40. The molecule has 3 amide bonds. The molecular weight excluding hydrogens is 489 g/mol. The Kier molecular flexibility index (Phi) is 7.20.